The highest BCUT2D eigenvalue weighted by atomic mass is 16.3. The van der Waals surface area contributed by atoms with E-state index in [4.69, 9.17) is 5.11 Å². The fourth-order valence-corrected chi connectivity index (χ4v) is 2.38. The summed E-state index contributed by atoms with van der Waals surface area (Å²) in [5.41, 5.74) is 0. The Bertz CT molecular complexity index is 345. The average Bonchev–Trinajstić information content (AvgIpc) is 3.00. The lowest BCUT2D eigenvalue weighted by Gasteiger charge is -2.23. The fourth-order valence-electron chi connectivity index (χ4n) is 2.38. The standard InChI is InChI=1S/C12H19N3O2/c16-8-7-15(9-11-13-5-6-14-11)12(17)10-3-1-2-4-10/h5-6,10,16H,1-4,7-9H2,(H,13,14). The van der Waals surface area contributed by atoms with Crippen LogP contribution in [0, 0.1) is 5.92 Å². The number of nitrogens with zero attached hydrogens (tertiary/aromatic N) is 2. The molecule has 1 fully saturated rings. The number of aromatic amines is 1. The monoisotopic (exact) mass is 237 g/mol. The number of hydrogen-bond donors (Lipinski definition) is 2. The summed E-state index contributed by atoms with van der Waals surface area (Å²) < 4.78 is 0. The highest BCUT2D eigenvalue weighted by molar-refractivity contribution is 5.79. The highest BCUT2D eigenvalue weighted by Crippen LogP contribution is 2.26. The van der Waals surface area contributed by atoms with Crippen molar-refractivity contribution in [1.29, 1.82) is 0 Å². The molecule has 1 saturated carbocycles. The third-order valence-electron chi connectivity index (χ3n) is 3.28. The first kappa shape index (κ1) is 12.1. The summed E-state index contributed by atoms with van der Waals surface area (Å²) in [4.78, 5) is 21.0. The molecular weight excluding hydrogens is 218 g/mol. The first-order chi connectivity index (χ1) is 8.31. The SMILES string of the molecule is O=C(C1CCCC1)N(CCO)Cc1ncc[nH]1. The molecule has 0 spiro atoms. The number of aromatic nitrogens is 2. The van der Waals surface area contributed by atoms with Crippen LogP contribution < -0.4 is 0 Å². The molecule has 0 saturated heterocycles. The second-order valence-electron chi connectivity index (χ2n) is 4.50. The van der Waals surface area contributed by atoms with Crippen LogP contribution in [0.2, 0.25) is 0 Å². The number of imidazole rings is 1. The van der Waals surface area contributed by atoms with Crippen molar-refractivity contribution in [2.24, 2.45) is 5.92 Å². The van der Waals surface area contributed by atoms with Crippen molar-refractivity contribution in [3.8, 4) is 0 Å². The summed E-state index contributed by atoms with van der Waals surface area (Å²) in [6.07, 6.45) is 7.67. The Balaban J connectivity index is 1.97. The van der Waals surface area contributed by atoms with Crippen LogP contribution in [0.15, 0.2) is 12.4 Å². The molecule has 1 amide bonds. The van der Waals surface area contributed by atoms with Crippen molar-refractivity contribution < 1.29 is 9.90 Å². The lowest BCUT2D eigenvalue weighted by Crippen LogP contribution is -2.37. The summed E-state index contributed by atoms with van der Waals surface area (Å²) >= 11 is 0. The van der Waals surface area contributed by atoms with Gasteiger partial charge in [-0.2, -0.15) is 0 Å². The Morgan fingerprint density at radius 2 is 2.29 bits per heavy atom. The number of carbonyl (C=O) groups excluding carboxylic acids is 1. The van der Waals surface area contributed by atoms with Gasteiger partial charge in [0.2, 0.25) is 5.91 Å². The van der Waals surface area contributed by atoms with Crippen LogP contribution in [0.3, 0.4) is 0 Å². The molecule has 0 aliphatic heterocycles. The number of nitrogens with one attached hydrogen (secondary N) is 1. The Morgan fingerprint density at radius 3 is 2.88 bits per heavy atom. The molecule has 1 aliphatic rings. The van der Waals surface area contributed by atoms with E-state index >= 15 is 0 Å². The van der Waals surface area contributed by atoms with E-state index in [-0.39, 0.29) is 18.4 Å². The zero-order valence-electron chi connectivity index (χ0n) is 9.93. The number of rotatable bonds is 5. The van der Waals surface area contributed by atoms with Gasteiger partial charge in [0.1, 0.15) is 5.82 Å². The predicted octanol–water partition coefficient (Wildman–Crippen LogP) is 0.921. The van der Waals surface area contributed by atoms with Crippen LogP contribution in [0.5, 0.6) is 0 Å². The second kappa shape index (κ2) is 5.82. The second-order valence-corrected chi connectivity index (χ2v) is 4.50. The van der Waals surface area contributed by atoms with Crippen molar-refractivity contribution in [3.63, 3.8) is 0 Å². The van der Waals surface area contributed by atoms with Crippen molar-refractivity contribution in [2.45, 2.75) is 32.2 Å². The maximum absolute atomic E-state index is 12.2. The summed E-state index contributed by atoms with van der Waals surface area (Å²) in [5, 5.41) is 9.03. The predicted molar refractivity (Wildman–Crippen MR) is 63.0 cm³/mol. The zero-order valence-corrected chi connectivity index (χ0v) is 9.93. The minimum absolute atomic E-state index is 0.000825. The lowest BCUT2D eigenvalue weighted by molar-refractivity contribution is -0.136. The van der Waals surface area contributed by atoms with E-state index in [9.17, 15) is 4.79 Å². The van der Waals surface area contributed by atoms with Crippen molar-refractivity contribution >= 4 is 5.91 Å². The molecule has 1 aromatic heterocycles. The van der Waals surface area contributed by atoms with E-state index in [1.165, 1.54) is 0 Å². The molecule has 0 atom stereocenters. The summed E-state index contributed by atoms with van der Waals surface area (Å²) in [7, 11) is 0. The minimum Gasteiger partial charge on any atom is -0.395 e. The normalized spacial score (nSPS) is 16.3. The van der Waals surface area contributed by atoms with E-state index in [0.717, 1.165) is 31.5 Å². The molecule has 2 rings (SSSR count). The number of amides is 1. The van der Waals surface area contributed by atoms with Gasteiger partial charge in [0, 0.05) is 24.9 Å². The quantitative estimate of drug-likeness (QED) is 0.800. The van der Waals surface area contributed by atoms with Crippen LogP contribution in [0.1, 0.15) is 31.5 Å². The van der Waals surface area contributed by atoms with E-state index in [1.54, 1.807) is 17.3 Å². The average molecular weight is 237 g/mol. The smallest absolute Gasteiger partial charge is 0.226 e. The third-order valence-corrected chi connectivity index (χ3v) is 3.28. The molecule has 1 aromatic rings. The first-order valence-corrected chi connectivity index (χ1v) is 6.19. The van der Waals surface area contributed by atoms with Crippen molar-refractivity contribution in [3.05, 3.63) is 18.2 Å². The van der Waals surface area contributed by atoms with Crippen LogP contribution in [0.25, 0.3) is 0 Å². The molecule has 5 nitrogen and oxygen atoms in total. The Hall–Kier alpha value is -1.36. The maximum atomic E-state index is 12.2. The largest absolute Gasteiger partial charge is 0.395 e. The molecule has 1 heterocycles. The highest BCUT2D eigenvalue weighted by Gasteiger charge is 2.27. The van der Waals surface area contributed by atoms with Gasteiger partial charge in [-0.15, -0.1) is 0 Å². The maximum Gasteiger partial charge on any atom is 0.226 e. The van der Waals surface area contributed by atoms with Gasteiger partial charge in [0.15, 0.2) is 0 Å². The molecular formula is C12H19N3O2. The van der Waals surface area contributed by atoms with Crippen LogP contribution in [0.4, 0.5) is 0 Å². The lowest BCUT2D eigenvalue weighted by atomic mass is 10.1. The molecule has 2 N–H and O–H groups in total. The van der Waals surface area contributed by atoms with E-state index in [2.05, 4.69) is 9.97 Å². The molecule has 94 valence electrons. The fraction of sp³-hybridized carbons (Fsp3) is 0.667. The number of hydrogen-bond acceptors (Lipinski definition) is 3. The van der Waals surface area contributed by atoms with E-state index in [0.29, 0.717) is 13.1 Å². The van der Waals surface area contributed by atoms with Crippen molar-refractivity contribution in [2.75, 3.05) is 13.2 Å². The minimum atomic E-state index is -0.000825. The molecule has 0 unspecified atom stereocenters. The van der Waals surface area contributed by atoms with E-state index in [1.807, 2.05) is 0 Å². The first-order valence-electron chi connectivity index (χ1n) is 6.19. The van der Waals surface area contributed by atoms with Crippen LogP contribution >= 0.6 is 0 Å². The Labute approximate surface area is 101 Å². The summed E-state index contributed by atoms with van der Waals surface area (Å²) in [6.45, 7) is 0.845. The summed E-state index contributed by atoms with van der Waals surface area (Å²) in [6, 6.07) is 0. The van der Waals surface area contributed by atoms with Gasteiger partial charge < -0.3 is 15.0 Å². The molecule has 0 aromatic carbocycles. The van der Waals surface area contributed by atoms with Crippen LogP contribution in [-0.2, 0) is 11.3 Å². The van der Waals surface area contributed by atoms with Crippen LogP contribution in [-0.4, -0.2) is 39.0 Å². The van der Waals surface area contributed by atoms with Gasteiger partial charge in [0.25, 0.3) is 0 Å². The van der Waals surface area contributed by atoms with Gasteiger partial charge >= 0.3 is 0 Å². The molecule has 0 bridgehead atoms. The summed E-state index contributed by atoms with van der Waals surface area (Å²) in [5.74, 6) is 1.08. The van der Waals surface area contributed by atoms with Gasteiger partial charge in [-0.3, -0.25) is 4.79 Å². The van der Waals surface area contributed by atoms with E-state index < -0.39 is 0 Å². The number of carbonyl (C=O) groups is 1. The number of aliphatic hydroxyl groups is 1. The zero-order chi connectivity index (χ0) is 12.1. The molecule has 5 heteroatoms. The Morgan fingerprint density at radius 1 is 1.53 bits per heavy atom. The third kappa shape index (κ3) is 3.06. The Kier molecular flexibility index (Phi) is 4.14. The van der Waals surface area contributed by atoms with Gasteiger partial charge in [-0.1, -0.05) is 12.8 Å². The van der Waals surface area contributed by atoms with Gasteiger partial charge in [-0.05, 0) is 12.8 Å². The topological polar surface area (TPSA) is 69.2 Å². The molecule has 1 aliphatic carbocycles. The van der Waals surface area contributed by atoms with Gasteiger partial charge in [0.05, 0.1) is 13.2 Å². The van der Waals surface area contributed by atoms with Gasteiger partial charge in [-0.25, -0.2) is 4.98 Å². The van der Waals surface area contributed by atoms with Crippen molar-refractivity contribution in [1.82, 2.24) is 14.9 Å². The molecule has 0 radical (unpaired) electrons. The number of H-pyrrole nitrogens is 1. The molecule has 17 heavy (non-hydrogen) atoms. The number of aliphatic hydroxyl groups excluding tert-OH is 1.